The number of para-hydroxylation sites is 2. The SMILES string of the molecule is Cc1nc2ccccc2n1C1C[C@H]2CC[C@@H](C1)N2CCC1(c2cccc(F)c2)CCN(C(=O)c2cc(NS(=O)(=O)C(F)(F)F)ccc2Cl)CC1. The van der Waals surface area contributed by atoms with Crippen LogP contribution in [0, 0.1) is 12.7 Å². The van der Waals surface area contributed by atoms with Gasteiger partial charge in [0.2, 0.25) is 0 Å². The minimum Gasteiger partial charge on any atom is -0.339 e. The van der Waals surface area contributed by atoms with Crippen LogP contribution in [0.3, 0.4) is 0 Å². The summed E-state index contributed by atoms with van der Waals surface area (Å²) in [6.07, 6.45) is 6.19. The van der Waals surface area contributed by atoms with Crippen LogP contribution in [0.4, 0.5) is 23.2 Å². The molecule has 0 radical (unpaired) electrons. The van der Waals surface area contributed by atoms with Crippen molar-refractivity contribution in [2.24, 2.45) is 0 Å². The monoisotopic (exact) mass is 731 g/mol. The summed E-state index contributed by atoms with van der Waals surface area (Å²) in [5, 5.41) is -0.00955. The fraction of sp³-hybridized carbons (Fsp3) is 0.444. The number of anilines is 1. The van der Waals surface area contributed by atoms with Crippen molar-refractivity contribution in [1.82, 2.24) is 19.4 Å². The number of piperidine rings is 2. The van der Waals surface area contributed by atoms with Gasteiger partial charge in [0.15, 0.2) is 0 Å². The average Bonchev–Trinajstić information content (AvgIpc) is 3.54. The Bertz CT molecular complexity index is 2020. The summed E-state index contributed by atoms with van der Waals surface area (Å²) in [7, 11) is -5.68. The molecule has 7 rings (SSSR count). The predicted molar refractivity (Wildman–Crippen MR) is 184 cm³/mol. The Balaban J connectivity index is 1.07. The number of benzene rings is 3. The minimum absolute atomic E-state index is 0.00955. The Morgan fingerprint density at radius 3 is 2.36 bits per heavy atom. The Labute approximate surface area is 293 Å². The molecule has 4 aromatic rings. The molecule has 1 aromatic heterocycles. The molecule has 1 amide bonds. The number of alkyl halides is 3. The van der Waals surface area contributed by atoms with E-state index in [1.807, 2.05) is 12.1 Å². The molecule has 3 atom stereocenters. The molecule has 3 fully saturated rings. The normalized spacial score (nSPS) is 22.6. The summed E-state index contributed by atoms with van der Waals surface area (Å²) in [4.78, 5) is 22.7. The smallest absolute Gasteiger partial charge is 0.339 e. The van der Waals surface area contributed by atoms with Gasteiger partial charge in [-0.25, -0.2) is 9.37 Å². The van der Waals surface area contributed by atoms with E-state index in [1.54, 1.807) is 17.0 Å². The molecule has 8 nitrogen and oxygen atoms in total. The fourth-order valence-electron chi connectivity index (χ4n) is 8.57. The van der Waals surface area contributed by atoms with Gasteiger partial charge < -0.3 is 9.47 Å². The van der Waals surface area contributed by atoms with E-state index in [2.05, 4.69) is 34.6 Å². The third kappa shape index (κ3) is 6.48. The number of imidazole rings is 1. The number of carbonyl (C=O) groups is 1. The second-order valence-electron chi connectivity index (χ2n) is 13.8. The van der Waals surface area contributed by atoms with Gasteiger partial charge in [0.1, 0.15) is 11.6 Å². The molecular formula is C36H38ClF4N5O3S. The first-order valence-corrected chi connectivity index (χ1v) is 18.7. The Hall–Kier alpha value is -3.68. The number of rotatable bonds is 8. The molecule has 4 heterocycles. The number of nitrogens with zero attached hydrogens (tertiary/aromatic N) is 4. The van der Waals surface area contributed by atoms with E-state index in [0.29, 0.717) is 44.1 Å². The van der Waals surface area contributed by atoms with E-state index >= 15 is 0 Å². The number of aryl methyl sites for hydroxylation is 1. The van der Waals surface area contributed by atoms with Gasteiger partial charge in [0.05, 0.1) is 21.6 Å². The molecular weight excluding hydrogens is 694 g/mol. The average molecular weight is 732 g/mol. The van der Waals surface area contributed by atoms with Crippen molar-refractivity contribution < 1.29 is 30.8 Å². The summed E-state index contributed by atoms with van der Waals surface area (Å²) in [6, 6.07) is 19.4. The molecule has 3 aliphatic heterocycles. The van der Waals surface area contributed by atoms with Crippen LogP contribution >= 0.6 is 11.6 Å². The number of amides is 1. The summed E-state index contributed by atoms with van der Waals surface area (Å²) >= 11 is 6.29. The molecule has 50 heavy (non-hydrogen) atoms. The van der Waals surface area contributed by atoms with Crippen molar-refractivity contribution >= 4 is 44.3 Å². The number of aromatic nitrogens is 2. The van der Waals surface area contributed by atoms with E-state index in [0.717, 1.165) is 67.7 Å². The Morgan fingerprint density at radius 1 is 0.980 bits per heavy atom. The Kier molecular flexibility index (Phi) is 9.13. The molecule has 3 aliphatic rings. The predicted octanol–water partition coefficient (Wildman–Crippen LogP) is 7.83. The first-order chi connectivity index (χ1) is 23.7. The largest absolute Gasteiger partial charge is 0.516 e. The van der Waals surface area contributed by atoms with Crippen molar-refractivity contribution in [1.29, 1.82) is 0 Å². The first-order valence-electron chi connectivity index (χ1n) is 16.9. The molecule has 3 aromatic carbocycles. The molecule has 1 N–H and O–H groups in total. The van der Waals surface area contributed by atoms with Crippen molar-refractivity contribution in [3.05, 3.63) is 94.5 Å². The summed E-state index contributed by atoms with van der Waals surface area (Å²) < 4.78 is 80.8. The van der Waals surface area contributed by atoms with Gasteiger partial charge in [0, 0.05) is 36.9 Å². The lowest BCUT2D eigenvalue weighted by Crippen LogP contribution is -2.49. The standard InChI is InChI=1S/C36H38ClF4N5O3S/c1-23-42-32-7-2-3-8-33(32)46(23)29-21-27-10-11-28(22-29)45(27)18-15-35(24-5-4-6-25(38)19-24)13-16-44(17-14-35)34(47)30-20-26(9-12-31(30)37)43-50(48,49)36(39,40)41/h2-9,12,19-20,27-29,43H,10-11,13-18,21-22H2,1H3/t27-,28+,29?. The van der Waals surface area contributed by atoms with Gasteiger partial charge in [-0.15, -0.1) is 0 Å². The number of hydrogen-bond donors (Lipinski definition) is 1. The molecule has 3 saturated heterocycles. The van der Waals surface area contributed by atoms with Gasteiger partial charge in [-0.3, -0.25) is 14.4 Å². The van der Waals surface area contributed by atoms with Crippen molar-refractivity contribution in [3.63, 3.8) is 0 Å². The number of likely N-dealkylation sites (tertiary alicyclic amines) is 1. The van der Waals surface area contributed by atoms with Crippen molar-refractivity contribution in [2.75, 3.05) is 24.4 Å². The zero-order valence-electron chi connectivity index (χ0n) is 27.5. The number of halogens is 5. The highest BCUT2D eigenvalue weighted by atomic mass is 35.5. The molecule has 266 valence electrons. The van der Waals surface area contributed by atoms with Crippen LogP contribution in [0.25, 0.3) is 11.0 Å². The van der Waals surface area contributed by atoms with Crippen LogP contribution in [-0.4, -0.2) is 70.9 Å². The number of carbonyl (C=O) groups excluding carboxylic acids is 1. The van der Waals surface area contributed by atoms with Gasteiger partial charge in [-0.2, -0.15) is 21.6 Å². The first kappa shape index (κ1) is 34.8. The maximum Gasteiger partial charge on any atom is 0.516 e. The third-order valence-corrected chi connectivity index (χ3v) is 12.5. The fourth-order valence-corrected chi connectivity index (χ4v) is 9.32. The van der Waals surface area contributed by atoms with Gasteiger partial charge in [-0.1, -0.05) is 35.9 Å². The number of fused-ring (bicyclic) bond motifs is 3. The van der Waals surface area contributed by atoms with Gasteiger partial charge in [0.25, 0.3) is 5.91 Å². The topological polar surface area (TPSA) is 87.5 Å². The van der Waals surface area contributed by atoms with E-state index in [9.17, 15) is 30.8 Å². The number of sulfonamides is 1. The summed E-state index contributed by atoms with van der Waals surface area (Å²) in [6.45, 7) is 3.54. The number of nitrogens with one attached hydrogen (secondary N) is 1. The van der Waals surface area contributed by atoms with Crippen LogP contribution in [-0.2, 0) is 15.4 Å². The van der Waals surface area contributed by atoms with Crippen LogP contribution in [0.5, 0.6) is 0 Å². The Morgan fingerprint density at radius 2 is 1.68 bits per heavy atom. The van der Waals surface area contributed by atoms with Gasteiger partial charge in [-0.05, 0) is 112 Å². The quantitative estimate of drug-likeness (QED) is 0.187. The summed E-state index contributed by atoms with van der Waals surface area (Å²) in [5.74, 6) is 0.193. The highest BCUT2D eigenvalue weighted by Crippen LogP contribution is 2.45. The lowest BCUT2D eigenvalue weighted by Gasteiger charge is -2.45. The lowest BCUT2D eigenvalue weighted by molar-refractivity contribution is -0.0429. The van der Waals surface area contributed by atoms with E-state index in [4.69, 9.17) is 16.6 Å². The summed E-state index contributed by atoms with van der Waals surface area (Å²) in [5.41, 5.74) is -3.38. The second kappa shape index (κ2) is 13.1. The van der Waals surface area contributed by atoms with Crippen LogP contribution < -0.4 is 4.72 Å². The molecule has 0 saturated carbocycles. The highest BCUT2D eigenvalue weighted by molar-refractivity contribution is 7.93. The van der Waals surface area contributed by atoms with Crippen LogP contribution in [0.15, 0.2) is 66.7 Å². The van der Waals surface area contributed by atoms with Crippen molar-refractivity contribution in [2.45, 2.75) is 80.9 Å². The third-order valence-electron chi connectivity index (χ3n) is 11.0. The molecule has 0 spiro atoms. The lowest BCUT2D eigenvalue weighted by atomic mass is 9.70. The molecule has 0 aliphatic carbocycles. The van der Waals surface area contributed by atoms with E-state index in [-0.39, 0.29) is 16.4 Å². The molecule has 2 bridgehead atoms. The van der Waals surface area contributed by atoms with Crippen molar-refractivity contribution in [3.8, 4) is 0 Å². The minimum atomic E-state index is -5.68. The second-order valence-corrected chi connectivity index (χ2v) is 15.9. The maximum atomic E-state index is 14.6. The van der Waals surface area contributed by atoms with E-state index in [1.165, 1.54) is 22.4 Å². The zero-order chi connectivity index (χ0) is 35.4. The number of hydrogen-bond acceptors (Lipinski definition) is 5. The molecule has 14 heteroatoms. The molecule has 1 unspecified atom stereocenters. The van der Waals surface area contributed by atoms with Crippen LogP contribution in [0.1, 0.15) is 72.7 Å². The van der Waals surface area contributed by atoms with Crippen LogP contribution in [0.2, 0.25) is 5.02 Å². The van der Waals surface area contributed by atoms with E-state index < -0.39 is 32.5 Å². The maximum absolute atomic E-state index is 14.6. The zero-order valence-corrected chi connectivity index (χ0v) is 29.0. The highest BCUT2D eigenvalue weighted by Gasteiger charge is 2.47. The van der Waals surface area contributed by atoms with Gasteiger partial charge >= 0.3 is 15.5 Å².